The average Bonchev–Trinajstić information content (AvgIpc) is 2.41. The maximum Gasteiger partial charge on any atom is 0.224 e. The first-order valence-corrected chi connectivity index (χ1v) is 6.12. The molecule has 0 N–H and O–H groups in total. The first-order valence-electron chi connectivity index (χ1n) is 6.12. The van der Waals surface area contributed by atoms with Crippen LogP contribution in [0.4, 0.5) is 10.1 Å². The van der Waals surface area contributed by atoms with E-state index in [1.165, 1.54) is 12.1 Å². The van der Waals surface area contributed by atoms with Gasteiger partial charge in [0.05, 0.1) is 12.5 Å². The molecule has 0 atom stereocenters. The molecule has 1 aromatic rings. The summed E-state index contributed by atoms with van der Waals surface area (Å²) in [6.45, 7) is 0.957. The van der Waals surface area contributed by atoms with Crippen molar-refractivity contribution in [1.82, 2.24) is 4.90 Å². The number of nitriles is 1. The van der Waals surface area contributed by atoms with Crippen LogP contribution in [0, 0.1) is 17.1 Å². The van der Waals surface area contributed by atoms with E-state index in [4.69, 9.17) is 5.26 Å². The summed E-state index contributed by atoms with van der Waals surface area (Å²) in [5, 5.41) is 8.46. The van der Waals surface area contributed by atoms with Crippen LogP contribution in [0.3, 0.4) is 0 Å². The maximum absolute atomic E-state index is 13.1. The molecule has 19 heavy (non-hydrogen) atoms. The van der Waals surface area contributed by atoms with E-state index in [0.29, 0.717) is 25.9 Å². The van der Waals surface area contributed by atoms with Gasteiger partial charge >= 0.3 is 0 Å². The Hall–Kier alpha value is -2.09. The van der Waals surface area contributed by atoms with Crippen molar-refractivity contribution >= 4 is 11.6 Å². The highest BCUT2D eigenvalue weighted by Gasteiger charge is 2.10. The number of carbonyl (C=O) groups is 1. The molecule has 4 nitrogen and oxygen atoms in total. The number of amides is 1. The highest BCUT2D eigenvalue weighted by molar-refractivity contribution is 5.76. The molecule has 0 aromatic heterocycles. The second kappa shape index (κ2) is 7.37. The minimum absolute atomic E-state index is 0.0153. The van der Waals surface area contributed by atoms with Crippen molar-refractivity contribution in [2.75, 3.05) is 32.1 Å². The van der Waals surface area contributed by atoms with Gasteiger partial charge in [0.2, 0.25) is 5.91 Å². The van der Waals surface area contributed by atoms with E-state index < -0.39 is 0 Å². The Balaban J connectivity index is 2.44. The van der Waals surface area contributed by atoms with Crippen LogP contribution in [-0.4, -0.2) is 38.0 Å². The lowest BCUT2D eigenvalue weighted by Crippen LogP contribution is -2.31. The molecule has 102 valence electrons. The number of rotatable bonds is 6. The minimum Gasteiger partial charge on any atom is -0.374 e. The van der Waals surface area contributed by atoms with E-state index in [2.05, 4.69) is 0 Å². The molecule has 1 amide bonds. The standard InChI is InChI=1S/C14H18FN3O/c1-17(13-6-3-5-12(15)11-13)10-7-14(19)18(2)9-4-8-16/h3,5-6,11H,4,7,9-10H2,1-2H3. The molecule has 0 fully saturated rings. The second-order valence-corrected chi connectivity index (χ2v) is 4.37. The Morgan fingerprint density at radius 2 is 2.11 bits per heavy atom. The largest absolute Gasteiger partial charge is 0.374 e. The maximum atomic E-state index is 13.1. The normalized spacial score (nSPS) is 9.79. The van der Waals surface area contributed by atoms with Gasteiger partial charge in [-0.1, -0.05) is 6.07 Å². The van der Waals surface area contributed by atoms with Gasteiger partial charge in [-0.15, -0.1) is 0 Å². The van der Waals surface area contributed by atoms with Crippen LogP contribution in [0.2, 0.25) is 0 Å². The Bertz CT molecular complexity index is 470. The lowest BCUT2D eigenvalue weighted by Gasteiger charge is -2.21. The molecule has 1 rings (SSSR count). The average molecular weight is 263 g/mol. The highest BCUT2D eigenvalue weighted by atomic mass is 19.1. The van der Waals surface area contributed by atoms with Crippen molar-refractivity contribution in [2.24, 2.45) is 0 Å². The summed E-state index contributed by atoms with van der Waals surface area (Å²) in [4.78, 5) is 15.1. The van der Waals surface area contributed by atoms with Gasteiger partial charge in [0.25, 0.3) is 0 Å². The molecular formula is C14H18FN3O. The van der Waals surface area contributed by atoms with Gasteiger partial charge in [0, 0.05) is 39.3 Å². The predicted octanol–water partition coefficient (Wildman–Crippen LogP) is 2.02. The van der Waals surface area contributed by atoms with Crippen LogP contribution in [0.5, 0.6) is 0 Å². The van der Waals surface area contributed by atoms with Crippen LogP contribution < -0.4 is 4.90 Å². The number of benzene rings is 1. The zero-order valence-corrected chi connectivity index (χ0v) is 11.3. The smallest absolute Gasteiger partial charge is 0.224 e. The lowest BCUT2D eigenvalue weighted by atomic mass is 10.2. The fourth-order valence-electron chi connectivity index (χ4n) is 1.64. The van der Waals surface area contributed by atoms with Gasteiger partial charge in [-0.05, 0) is 18.2 Å². The lowest BCUT2D eigenvalue weighted by molar-refractivity contribution is -0.129. The molecule has 0 saturated carbocycles. The molecule has 0 bridgehead atoms. The number of nitrogens with zero attached hydrogens (tertiary/aromatic N) is 3. The number of carbonyl (C=O) groups excluding carboxylic acids is 1. The summed E-state index contributed by atoms with van der Waals surface area (Å²) in [6.07, 6.45) is 0.677. The Labute approximate surface area is 113 Å². The molecular weight excluding hydrogens is 245 g/mol. The van der Waals surface area contributed by atoms with Crippen LogP contribution in [-0.2, 0) is 4.79 Å². The van der Waals surface area contributed by atoms with Crippen molar-refractivity contribution in [2.45, 2.75) is 12.8 Å². The van der Waals surface area contributed by atoms with E-state index >= 15 is 0 Å². The van der Waals surface area contributed by atoms with Gasteiger partial charge in [-0.2, -0.15) is 5.26 Å². The summed E-state index contributed by atoms with van der Waals surface area (Å²) in [5.41, 5.74) is 0.743. The minimum atomic E-state index is -0.290. The van der Waals surface area contributed by atoms with Gasteiger partial charge in [-0.3, -0.25) is 4.79 Å². The molecule has 0 spiro atoms. The fourth-order valence-corrected chi connectivity index (χ4v) is 1.64. The second-order valence-electron chi connectivity index (χ2n) is 4.37. The molecule has 0 saturated heterocycles. The quantitative estimate of drug-likeness (QED) is 0.789. The Morgan fingerprint density at radius 3 is 2.74 bits per heavy atom. The zero-order valence-electron chi connectivity index (χ0n) is 11.3. The summed E-state index contributed by atoms with van der Waals surface area (Å²) in [7, 11) is 3.50. The molecule has 0 aliphatic rings. The van der Waals surface area contributed by atoms with Crippen LogP contribution in [0.1, 0.15) is 12.8 Å². The number of hydrogen-bond acceptors (Lipinski definition) is 3. The number of hydrogen-bond donors (Lipinski definition) is 0. The van der Waals surface area contributed by atoms with Crippen molar-refractivity contribution in [3.63, 3.8) is 0 Å². The van der Waals surface area contributed by atoms with Gasteiger partial charge in [0.15, 0.2) is 0 Å². The SMILES string of the molecule is CN(CCC#N)C(=O)CCN(C)c1cccc(F)c1. The van der Waals surface area contributed by atoms with E-state index in [1.807, 2.05) is 18.0 Å². The molecule has 0 aliphatic heterocycles. The molecule has 0 aliphatic carbocycles. The van der Waals surface area contributed by atoms with Crippen LogP contribution >= 0.6 is 0 Å². The van der Waals surface area contributed by atoms with Crippen molar-refractivity contribution < 1.29 is 9.18 Å². The van der Waals surface area contributed by atoms with E-state index in [9.17, 15) is 9.18 Å². The van der Waals surface area contributed by atoms with Gasteiger partial charge in [0.1, 0.15) is 5.82 Å². The van der Waals surface area contributed by atoms with Gasteiger partial charge in [-0.25, -0.2) is 4.39 Å². The molecule has 1 aromatic carbocycles. The fraction of sp³-hybridized carbons (Fsp3) is 0.429. The summed E-state index contributed by atoms with van der Waals surface area (Å²) in [6, 6.07) is 8.27. The first-order chi connectivity index (χ1) is 9.04. The third kappa shape index (κ3) is 4.96. The van der Waals surface area contributed by atoms with Crippen LogP contribution in [0.25, 0.3) is 0 Å². The summed E-state index contributed by atoms with van der Waals surface area (Å²) < 4.78 is 13.1. The molecule has 0 unspecified atom stereocenters. The third-order valence-corrected chi connectivity index (χ3v) is 2.89. The molecule has 0 radical (unpaired) electrons. The van der Waals surface area contributed by atoms with E-state index in [0.717, 1.165) is 5.69 Å². The predicted molar refractivity (Wildman–Crippen MR) is 72.2 cm³/mol. The summed E-state index contributed by atoms with van der Waals surface area (Å²) in [5.74, 6) is -0.305. The third-order valence-electron chi connectivity index (χ3n) is 2.89. The van der Waals surface area contributed by atoms with Crippen LogP contribution in [0.15, 0.2) is 24.3 Å². The van der Waals surface area contributed by atoms with E-state index in [1.54, 1.807) is 24.1 Å². The Kier molecular flexibility index (Phi) is 5.80. The number of halogens is 1. The zero-order chi connectivity index (χ0) is 14.3. The first kappa shape index (κ1) is 15.0. The molecule has 5 heteroatoms. The van der Waals surface area contributed by atoms with E-state index in [-0.39, 0.29) is 11.7 Å². The molecule has 0 heterocycles. The number of anilines is 1. The van der Waals surface area contributed by atoms with Crippen molar-refractivity contribution in [1.29, 1.82) is 5.26 Å². The topological polar surface area (TPSA) is 47.3 Å². The van der Waals surface area contributed by atoms with Crippen molar-refractivity contribution in [3.05, 3.63) is 30.1 Å². The highest BCUT2D eigenvalue weighted by Crippen LogP contribution is 2.14. The van der Waals surface area contributed by atoms with Crippen molar-refractivity contribution in [3.8, 4) is 6.07 Å². The monoisotopic (exact) mass is 263 g/mol. The van der Waals surface area contributed by atoms with Gasteiger partial charge < -0.3 is 9.80 Å². The summed E-state index contributed by atoms with van der Waals surface area (Å²) >= 11 is 0. The Morgan fingerprint density at radius 1 is 1.37 bits per heavy atom.